The zero-order chi connectivity index (χ0) is 13.0. The predicted molar refractivity (Wildman–Crippen MR) is 72.9 cm³/mol. The van der Waals surface area contributed by atoms with Gasteiger partial charge in [0.15, 0.2) is 0 Å². The highest BCUT2D eigenvalue weighted by atomic mass is 19.1. The van der Waals surface area contributed by atoms with Gasteiger partial charge in [-0.3, -0.25) is 0 Å². The molecule has 1 saturated heterocycles. The zero-order valence-electron chi connectivity index (χ0n) is 11.2. The van der Waals surface area contributed by atoms with Crippen molar-refractivity contribution in [2.75, 3.05) is 26.2 Å². The molecule has 2 N–H and O–H groups in total. The lowest BCUT2D eigenvalue weighted by Crippen LogP contribution is -2.41. The van der Waals surface area contributed by atoms with Crippen molar-refractivity contribution in [3.63, 3.8) is 0 Å². The average Bonchev–Trinajstić information content (AvgIpc) is 2.85. The molecular formula is C15H23FN2. The zero-order valence-corrected chi connectivity index (χ0v) is 11.2. The second kappa shape index (κ2) is 5.81. The number of likely N-dealkylation sites (tertiary alicyclic amines) is 1. The van der Waals surface area contributed by atoms with Crippen molar-refractivity contribution in [3.05, 3.63) is 35.6 Å². The maximum Gasteiger partial charge on any atom is 0.123 e. The summed E-state index contributed by atoms with van der Waals surface area (Å²) < 4.78 is 12.9. The summed E-state index contributed by atoms with van der Waals surface area (Å²) in [5, 5.41) is 0. The van der Waals surface area contributed by atoms with E-state index in [0.717, 1.165) is 13.0 Å². The van der Waals surface area contributed by atoms with Gasteiger partial charge in [0.05, 0.1) is 0 Å². The molecule has 1 heterocycles. The van der Waals surface area contributed by atoms with Gasteiger partial charge in [0.1, 0.15) is 5.82 Å². The van der Waals surface area contributed by atoms with Crippen LogP contribution in [0.2, 0.25) is 0 Å². The molecule has 18 heavy (non-hydrogen) atoms. The first kappa shape index (κ1) is 13.5. The molecule has 1 aromatic rings. The Balaban J connectivity index is 1.99. The Kier molecular flexibility index (Phi) is 4.36. The van der Waals surface area contributed by atoms with Gasteiger partial charge in [-0.2, -0.15) is 0 Å². The van der Waals surface area contributed by atoms with Crippen molar-refractivity contribution in [2.24, 2.45) is 11.1 Å². The number of hydrogen-bond donors (Lipinski definition) is 1. The van der Waals surface area contributed by atoms with Crippen molar-refractivity contribution in [3.8, 4) is 0 Å². The Labute approximate surface area is 109 Å². The molecule has 0 aliphatic carbocycles. The van der Waals surface area contributed by atoms with Gasteiger partial charge in [0.2, 0.25) is 0 Å². The maximum absolute atomic E-state index is 12.9. The molecular weight excluding hydrogens is 227 g/mol. The minimum absolute atomic E-state index is 0.0855. The molecule has 1 fully saturated rings. The first-order valence-corrected chi connectivity index (χ1v) is 6.78. The molecule has 0 aromatic heterocycles. The van der Waals surface area contributed by atoms with Gasteiger partial charge in [0.25, 0.3) is 0 Å². The van der Waals surface area contributed by atoms with Crippen LogP contribution in [0.4, 0.5) is 4.39 Å². The Bertz CT molecular complexity index is 371. The lowest BCUT2D eigenvalue weighted by atomic mass is 9.83. The van der Waals surface area contributed by atoms with E-state index < -0.39 is 0 Å². The predicted octanol–water partition coefficient (Wildman–Crippen LogP) is 2.43. The molecule has 0 amide bonds. The van der Waals surface area contributed by atoms with Crippen LogP contribution in [0.5, 0.6) is 0 Å². The highest BCUT2D eigenvalue weighted by molar-refractivity contribution is 5.18. The average molecular weight is 250 g/mol. The maximum atomic E-state index is 12.9. The molecule has 0 spiro atoms. The second-order valence-corrected chi connectivity index (χ2v) is 5.80. The van der Waals surface area contributed by atoms with Crippen LogP contribution in [0.15, 0.2) is 24.3 Å². The molecule has 2 nitrogen and oxygen atoms in total. The molecule has 0 saturated carbocycles. The first-order chi connectivity index (χ1) is 8.61. The Morgan fingerprint density at radius 2 is 1.83 bits per heavy atom. The number of rotatable bonds is 5. The summed E-state index contributed by atoms with van der Waals surface area (Å²) in [6.07, 6.45) is 3.52. The van der Waals surface area contributed by atoms with Crippen LogP contribution in [-0.4, -0.2) is 31.1 Å². The van der Waals surface area contributed by atoms with Crippen LogP contribution in [0.25, 0.3) is 0 Å². The van der Waals surface area contributed by atoms with E-state index in [0.29, 0.717) is 6.54 Å². The fraction of sp³-hybridized carbons (Fsp3) is 0.600. The van der Waals surface area contributed by atoms with E-state index in [1.807, 2.05) is 12.1 Å². The molecule has 100 valence electrons. The minimum atomic E-state index is -0.173. The van der Waals surface area contributed by atoms with E-state index in [4.69, 9.17) is 5.73 Å². The molecule has 1 aliphatic heterocycles. The SMILES string of the molecule is CC(CN)(Cc1ccc(F)cc1)CN1CCCC1. The monoisotopic (exact) mass is 250 g/mol. The third-order valence-corrected chi connectivity index (χ3v) is 3.84. The van der Waals surface area contributed by atoms with Gasteiger partial charge < -0.3 is 10.6 Å². The van der Waals surface area contributed by atoms with Crippen molar-refractivity contribution in [1.29, 1.82) is 0 Å². The fourth-order valence-electron chi connectivity index (χ4n) is 2.77. The van der Waals surface area contributed by atoms with Crippen LogP contribution in [-0.2, 0) is 6.42 Å². The van der Waals surface area contributed by atoms with E-state index in [-0.39, 0.29) is 11.2 Å². The van der Waals surface area contributed by atoms with Gasteiger partial charge >= 0.3 is 0 Å². The van der Waals surface area contributed by atoms with Crippen LogP contribution < -0.4 is 5.73 Å². The molecule has 0 radical (unpaired) electrons. The smallest absolute Gasteiger partial charge is 0.123 e. The van der Waals surface area contributed by atoms with E-state index in [9.17, 15) is 4.39 Å². The van der Waals surface area contributed by atoms with Gasteiger partial charge in [-0.05, 0) is 62.0 Å². The van der Waals surface area contributed by atoms with Crippen molar-refractivity contribution in [2.45, 2.75) is 26.2 Å². The number of hydrogen-bond acceptors (Lipinski definition) is 2. The summed E-state index contributed by atoms with van der Waals surface area (Å²) in [6.45, 7) is 6.33. The van der Waals surface area contributed by atoms with Gasteiger partial charge in [-0.1, -0.05) is 19.1 Å². The van der Waals surface area contributed by atoms with Crippen molar-refractivity contribution >= 4 is 0 Å². The highest BCUT2D eigenvalue weighted by Crippen LogP contribution is 2.25. The summed E-state index contributed by atoms with van der Waals surface area (Å²) >= 11 is 0. The summed E-state index contributed by atoms with van der Waals surface area (Å²) in [6, 6.07) is 6.80. The van der Waals surface area contributed by atoms with Crippen molar-refractivity contribution < 1.29 is 4.39 Å². The summed E-state index contributed by atoms with van der Waals surface area (Å²) in [4.78, 5) is 2.50. The molecule has 0 bridgehead atoms. The number of nitrogens with two attached hydrogens (primary N) is 1. The van der Waals surface area contributed by atoms with Crippen molar-refractivity contribution in [1.82, 2.24) is 4.90 Å². The lowest BCUT2D eigenvalue weighted by molar-refractivity contribution is 0.196. The number of nitrogens with zero attached hydrogens (tertiary/aromatic N) is 1. The topological polar surface area (TPSA) is 29.3 Å². The van der Waals surface area contributed by atoms with E-state index >= 15 is 0 Å². The summed E-state index contributed by atoms with van der Waals surface area (Å²) in [5.41, 5.74) is 7.22. The molecule has 1 aromatic carbocycles. The quantitative estimate of drug-likeness (QED) is 0.869. The number of halogens is 1. The van der Waals surface area contributed by atoms with Gasteiger partial charge in [-0.15, -0.1) is 0 Å². The first-order valence-electron chi connectivity index (χ1n) is 6.78. The number of benzene rings is 1. The normalized spacial score (nSPS) is 19.9. The minimum Gasteiger partial charge on any atom is -0.330 e. The van der Waals surface area contributed by atoms with E-state index in [1.54, 1.807) is 0 Å². The van der Waals surface area contributed by atoms with Crippen LogP contribution in [0, 0.1) is 11.2 Å². The van der Waals surface area contributed by atoms with Gasteiger partial charge in [0, 0.05) is 6.54 Å². The Morgan fingerprint density at radius 3 is 2.39 bits per heavy atom. The Morgan fingerprint density at radius 1 is 1.22 bits per heavy atom. The van der Waals surface area contributed by atoms with Crippen LogP contribution in [0.3, 0.4) is 0 Å². The molecule has 3 heteroatoms. The third-order valence-electron chi connectivity index (χ3n) is 3.84. The molecule has 1 aliphatic rings. The van der Waals surface area contributed by atoms with Gasteiger partial charge in [-0.25, -0.2) is 4.39 Å². The lowest BCUT2D eigenvalue weighted by Gasteiger charge is -2.32. The van der Waals surface area contributed by atoms with E-state index in [1.165, 1.54) is 43.6 Å². The molecule has 1 atom stereocenters. The van der Waals surface area contributed by atoms with Crippen LogP contribution >= 0.6 is 0 Å². The van der Waals surface area contributed by atoms with Crippen LogP contribution in [0.1, 0.15) is 25.3 Å². The fourth-order valence-corrected chi connectivity index (χ4v) is 2.77. The molecule has 1 unspecified atom stereocenters. The second-order valence-electron chi connectivity index (χ2n) is 5.80. The largest absolute Gasteiger partial charge is 0.330 e. The standard InChI is InChI=1S/C15H23FN2/c1-15(11-17,12-18-8-2-3-9-18)10-13-4-6-14(16)7-5-13/h4-7H,2-3,8-12,17H2,1H3. The summed E-state index contributed by atoms with van der Waals surface area (Å²) in [7, 11) is 0. The highest BCUT2D eigenvalue weighted by Gasteiger charge is 2.27. The summed E-state index contributed by atoms with van der Waals surface area (Å²) in [5.74, 6) is -0.173. The molecule has 2 rings (SSSR count). The Hall–Kier alpha value is -0.930. The van der Waals surface area contributed by atoms with E-state index in [2.05, 4.69) is 11.8 Å². The third kappa shape index (κ3) is 3.53.